The van der Waals surface area contributed by atoms with Crippen LogP contribution in [0.1, 0.15) is 38.8 Å². The molecule has 0 bridgehead atoms. The summed E-state index contributed by atoms with van der Waals surface area (Å²) in [6, 6.07) is 151. The Hall–Kier alpha value is -15.0. The minimum atomic E-state index is -0.125. The van der Waals surface area contributed by atoms with Gasteiger partial charge in [-0.05, 0) is 200 Å². The fourth-order valence-electron chi connectivity index (χ4n) is 16.2. The van der Waals surface area contributed by atoms with Gasteiger partial charge in [-0.1, -0.05) is 275 Å². The predicted octanol–water partition coefficient (Wildman–Crippen LogP) is 33.2. The number of ketones is 2. The van der Waals surface area contributed by atoms with E-state index in [1.165, 1.54) is 114 Å². The van der Waals surface area contributed by atoms with Crippen LogP contribution in [0.4, 0.5) is 0 Å². The number of benzene rings is 14. The van der Waals surface area contributed by atoms with Crippen LogP contribution in [0.15, 0.2) is 458 Å². The van der Waals surface area contributed by atoms with Gasteiger partial charge in [0.15, 0.2) is 11.6 Å². The summed E-state index contributed by atoms with van der Waals surface area (Å²) in [6.45, 7) is 9.84. The molecule has 716 valence electrons. The maximum Gasteiger partial charge on any atom is 0.155 e. The SMILES string of the molecule is CC(=O)C=C(C)O.CC(=O)C=C(C)O.Cc1cccc2c1oc1c(-c3cc(-c4ccccc4)ccn3)[c-]ccc12.Cc1cccc2c1oc1c(-c3cc(-c4ccccc4)ccn3)[c-]ccc12.[Ir].[Ir].[Ir].[Ir].[c-]1ccc2c(sc3ccccc32)c1-c1cc(-c2ccccc2)ccn1.[c-]1ccc2c(sc3ccccc32)c1-c1cc(-c2ccccc2)ccn1.[c-]1ccccc1-c1ccccn1.[c-]1ccccc1-c1ccccn1. The van der Waals surface area contributed by atoms with E-state index < -0.39 is 0 Å². The first-order valence-electron chi connectivity index (χ1n) is 45.5. The van der Waals surface area contributed by atoms with Crippen molar-refractivity contribution in [2.45, 2.75) is 41.5 Å². The molecule has 0 fully saturated rings. The molecule has 0 spiro atoms. The first kappa shape index (κ1) is 106. The molecule has 4 radical (unpaired) electrons. The fourth-order valence-corrected chi connectivity index (χ4v) is 18.6. The molecule has 0 saturated heterocycles. The summed E-state index contributed by atoms with van der Waals surface area (Å²) < 4.78 is 17.6. The number of aliphatic hydroxyl groups excluding tert-OH is 2. The number of nitrogens with zero attached hydrogens (tertiary/aromatic N) is 6. The summed E-state index contributed by atoms with van der Waals surface area (Å²) in [5.41, 5.74) is 26.8. The van der Waals surface area contributed by atoms with Crippen molar-refractivity contribution in [2.75, 3.05) is 0 Å². The Labute approximate surface area is 899 Å². The van der Waals surface area contributed by atoms with Gasteiger partial charge in [-0.3, -0.25) is 9.59 Å². The van der Waals surface area contributed by atoms with Crippen LogP contribution in [0, 0.1) is 50.2 Å². The number of hydrogen-bond donors (Lipinski definition) is 2. The van der Waals surface area contributed by atoms with E-state index in [1.807, 2.05) is 217 Å². The molecule has 24 rings (SSSR count). The van der Waals surface area contributed by atoms with Crippen LogP contribution >= 0.6 is 22.7 Å². The van der Waals surface area contributed by atoms with Crippen molar-refractivity contribution in [3.8, 4) is 112 Å². The third kappa shape index (κ3) is 26.7. The maximum atomic E-state index is 10.0. The predicted molar refractivity (Wildman–Crippen MR) is 577 cm³/mol. The molecule has 12 nitrogen and oxygen atoms in total. The number of thiophene rings is 2. The van der Waals surface area contributed by atoms with Gasteiger partial charge < -0.3 is 49.0 Å². The number of allylic oxidation sites excluding steroid dienone is 4. The Morgan fingerprint density at radius 3 is 0.847 bits per heavy atom. The van der Waals surface area contributed by atoms with E-state index in [0.29, 0.717) is 0 Å². The molecule has 0 aliphatic rings. The maximum absolute atomic E-state index is 10.0. The Bertz CT molecular complexity index is 7870. The minimum Gasteiger partial charge on any atom is -0.512 e. The van der Waals surface area contributed by atoms with E-state index in [9.17, 15) is 9.59 Å². The van der Waals surface area contributed by atoms with Gasteiger partial charge in [0.1, 0.15) is 11.2 Å². The third-order valence-electron chi connectivity index (χ3n) is 22.6. The molecule has 0 unspecified atom stereocenters. The zero-order valence-electron chi connectivity index (χ0n) is 78.9. The van der Waals surface area contributed by atoms with Crippen LogP contribution < -0.4 is 0 Å². The van der Waals surface area contributed by atoms with Crippen LogP contribution in [0.2, 0.25) is 0 Å². The quantitative estimate of drug-likeness (QED) is 0.0673. The third-order valence-corrected chi connectivity index (χ3v) is 25.0. The zero-order valence-corrected chi connectivity index (χ0v) is 90.1. The number of carbonyl (C=O) groups excluding carboxylic acids is 2. The minimum absolute atomic E-state index is 0. The number of fused-ring (bicyclic) bond motifs is 12. The molecule has 10 aromatic heterocycles. The molecule has 2 N–H and O–H groups in total. The molecule has 14 aromatic carbocycles. The van der Waals surface area contributed by atoms with E-state index in [2.05, 4.69) is 299 Å². The number of pyridine rings is 6. The van der Waals surface area contributed by atoms with Crippen molar-refractivity contribution < 1.29 is 109 Å². The van der Waals surface area contributed by atoms with E-state index >= 15 is 0 Å². The number of rotatable bonds is 12. The molecule has 144 heavy (non-hydrogen) atoms. The topological polar surface area (TPSA) is 178 Å². The summed E-state index contributed by atoms with van der Waals surface area (Å²) in [5.74, 6) is -0.125. The van der Waals surface area contributed by atoms with E-state index in [-0.39, 0.29) is 104 Å². The van der Waals surface area contributed by atoms with E-state index in [4.69, 9.17) is 19.0 Å². The van der Waals surface area contributed by atoms with E-state index in [0.717, 1.165) is 134 Å². The second-order valence-electron chi connectivity index (χ2n) is 32.6. The summed E-state index contributed by atoms with van der Waals surface area (Å²) in [7, 11) is 0. The second-order valence-corrected chi connectivity index (χ2v) is 34.7. The van der Waals surface area contributed by atoms with Gasteiger partial charge in [0.25, 0.3) is 0 Å². The summed E-state index contributed by atoms with van der Waals surface area (Å²) >= 11 is 3.63. The number of furan rings is 2. The van der Waals surface area contributed by atoms with Gasteiger partial charge in [-0.15, -0.1) is 156 Å². The molecular weight excluding hydrogens is 2530 g/mol. The molecule has 0 atom stereocenters. The van der Waals surface area contributed by atoms with Gasteiger partial charge in [0.2, 0.25) is 0 Å². The average Bonchev–Trinajstić information content (AvgIpc) is 1.61. The molecule has 0 aliphatic heterocycles. The van der Waals surface area contributed by atoms with Gasteiger partial charge >= 0.3 is 0 Å². The number of para-hydroxylation sites is 2. The molecule has 24 aromatic rings. The van der Waals surface area contributed by atoms with Crippen LogP contribution in [-0.4, -0.2) is 51.7 Å². The Kier molecular flexibility index (Phi) is 38.5. The summed E-state index contributed by atoms with van der Waals surface area (Å²) in [6.07, 6.45) is 13.4. The Balaban J connectivity index is 0.000000143. The van der Waals surface area contributed by atoms with Crippen LogP contribution in [-0.2, 0) is 90.0 Å². The largest absolute Gasteiger partial charge is 0.512 e. The molecular formula is C126H92Ir4N6O6S2-6. The van der Waals surface area contributed by atoms with Crippen molar-refractivity contribution in [3.05, 3.63) is 497 Å². The van der Waals surface area contributed by atoms with Crippen molar-refractivity contribution in [2.24, 2.45) is 0 Å². The Morgan fingerprint density at radius 1 is 0.257 bits per heavy atom. The smallest absolute Gasteiger partial charge is 0.155 e. The van der Waals surface area contributed by atoms with Crippen molar-refractivity contribution in [1.29, 1.82) is 0 Å². The van der Waals surface area contributed by atoms with Crippen molar-refractivity contribution >= 4 is 118 Å². The number of hydrogen-bond acceptors (Lipinski definition) is 14. The van der Waals surface area contributed by atoms with Gasteiger partial charge in [0.05, 0.1) is 22.7 Å². The standard InChI is InChI=1S/2C24H16NO.2C23H14NS.2C11H8N.2C5H8O2.4Ir/c2*1-16-7-5-10-19-20-11-6-12-21(24(20)26-23(16)19)22-15-18(13-14-25-22)17-8-3-2-4-9-17;2*1-2-7-16(8-3-1)17-13-14-24-21(15-17)20-11-6-10-19-18-9-4-5-12-22(18)25-23(19)20;2*1-2-6-10(7-3-1)11-8-4-5-9-12-11;2*1-4(6)3-5(2)7;;;;/h2*2-11,13-15H,1H3;2*1-10,12-15H;2*1-6,8-9H;2*3,6H,1-2H3;;;;/q6*-1;;;;;;. The van der Waals surface area contributed by atoms with Crippen LogP contribution in [0.3, 0.4) is 0 Å². The molecule has 0 saturated carbocycles. The second kappa shape index (κ2) is 52.2. The Morgan fingerprint density at radius 2 is 0.542 bits per heavy atom. The van der Waals surface area contributed by atoms with Crippen molar-refractivity contribution in [1.82, 2.24) is 29.9 Å². The molecule has 10 heterocycles. The first-order valence-corrected chi connectivity index (χ1v) is 47.1. The first-order chi connectivity index (χ1) is 68.6. The number of aromatic nitrogens is 6. The normalized spacial score (nSPS) is 10.7. The van der Waals surface area contributed by atoms with Crippen molar-refractivity contribution in [3.63, 3.8) is 0 Å². The van der Waals surface area contributed by atoms with Crippen LogP contribution in [0.5, 0.6) is 0 Å². The summed E-state index contributed by atoms with van der Waals surface area (Å²) in [5, 5.41) is 26.4. The van der Waals surface area contributed by atoms with E-state index in [1.54, 1.807) is 12.4 Å². The number of aryl methyl sites for hydroxylation is 2. The number of carbonyl (C=O) groups is 2. The zero-order chi connectivity index (χ0) is 96.5. The van der Waals surface area contributed by atoms with Gasteiger partial charge in [0, 0.05) is 150 Å². The molecule has 0 aliphatic carbocycles. The monoisotopic (exact) mass is 2620 g/mol. The van der Waals surface area contributed by atoms with Crippen LogP contribution in [0.25, 0.3) is 196 Å². The average molecular weight is 2620 g/mol. The molecule has 0 amide bonds. The number of aliphatic hydroxyl groups is 2. The van der Waals surface area contributed by atoms with Gasteiger partial charge in [-0.2, -0.15) is 22.7 Å². The van der Waals surface area contributed by atoms with Gasteiger partial charge in [-0.25, -0.2) is 0 Å². The fraction of sp³-hybridized carbons (Fsp3) is 0.0476. The molecule has 18 heteroatoms. The summed E-state index contributed by atoms with van der Waals surface area (Å²) in [4.78, 5) is 46.9.